The molecule has 2 aromatic carbocycles. The van der Waals surface area contributed by atoms with Crippen LogP contribution in [0.5, 0.6) is 5.75 Å². The van der Waals surface area contributed by atoms with Gasteiger partial charge >= 0.3 is 0 Å². The van der Waals surface area contributed by atoms with E-state index >= 15 is 0 Å². The van der Waals surface area contributed by atoms with Crippen molar-refractivity contribution in [2.75, 3.05) is 5.32 Å². The smallest absolute Gasteiger partial charge is 0.130 e. The summed E-state index contributed by atoms with van der Waals surface area (Å²) < 4.78 is 9.89. The molecule has 0 spiro atoms. The van der Waals surface area contributed by atoms with Crippen LogP contribution >= 0.6 is 0 Å². The highest BCUT2D eigenvalue weighted by Gasteiger charge is 2.17. The van der Waals surface area contributed by atoms with Crippen LogP contribution in [0.4, 0.5) is 11.4 Å². The largest absolute Gasteiger partial charge is 0.487 e. The van der Waals surface area contributed by atoms with E-state index in [1.54, 1.807) is 10.9 Å². The molecule has 1 aliphatic heterocycles. The first-order valence-electron chi connectivity index (χ1n) is 8.88. The summed E-state index contributed by atoms with van der Waals surface area (Å²) in [5, 5.41) is 12.3. The van der Waals surface area contributed by atoms with E-state index in [4.69, 9.17) is 9.84 Å². The summed E-state index contributed by atoms with van der Waals surface area (Å²) in [6.07, 6.45) is 3.74. The minimum Gasteiger partial charge on any atom is -0.487 e. The number of aromatic nitrogens is 4. The van der Waals surface area contributed by atoms with E-state index in [0.717, 1.165) is 39.6 Å². The molecule has 1 N–H and O–H groups in total. The summed E-state index contributed by atoms with van der Waals surface area (Å²) >= 11 is 0. The van der Waals surface area contributed by atoms with Crippen molar-refractivity contribution in [3.63, 3.8) is 0 Å². The van der Waals surface area contributed by atoms with Crippen LogP contribution in [0.15, 0.2) is 67.0 Å². The molecular weight excluding hydrogens is 338 g/mol. The Morgan fingerprint density at radius 2 is 1.93 bits per heavy atom. The average molecular weight is 357 g/mol. The number of ether oxygens (including phenoxy) is 1. The molecule has 0 amide bonds. The van der Waals surface area contributed by atoms with E-state index in [0.29, 0.717) is 13.2 Å². The first-order chi connectivity index (χ1) is 13.2. The second-order valence-corrected chi connectivity index (χ2v) is 6.68. The molecule has 0 saturated heterocycles. The van der Waals surface area contributed by atoms with E-state index < -0.39 is 0 Å². The van der Waals surface area contributed by atoms with Crippen molar-refractivity contribution in [1.29, 1.82) is 0 Å². The monoisotopic (exact) mass is 357 g/mol. The fourth-order valence-corrected chi connectivity index (χ4v) is 3.32. The average Bonchev–Trinajstić information content (AvgIpc) is 3.24. The fourth-order valence-electron chi connectivity index (χ4n) is 3.32. The molecule has 0 saturated carbocycles. The molecule has 5 rings (SSSR count). The number of hydrogen-bond donors (Lipinski definition) is 1. The number of anilines is 2. The summed E-state index contributed by atoms with van der Waals surface area (Å²) in [6, 6.07) is 18.5. The predicted octanol–water partition coefficient (Wildman–Crippen LogP) is 3.97. The summed E-state index contributed by atoms with van der Waals surface area (Å²) in [4.78, 5) is 0. The molecule has 6 nitrogen and oxygen atoms in total. The van der Waals surface area contributed by atoms with E-state index in [1.807, 2.05) is 42.2 Å². The quantitative estimate of drug-likeness (QED) is 0.603. The van der Waals surface area contributed by atoms with Gasteiger partial charge in [0.05, 0.1) is 29.8 Å². The standard InChI is InChI=1S/C21H19N5O/c1-25-13-18(11-22-25)23-17-8-7-16-12-26-19(14-27-21(16)9-17)10-20(24-26)15-5-3-2-4-6-15/h2-11,13,23H,12,14H2,1H3. The first-order valence-corrected chi connectivity index (χ1v) is 8.88. The number of hydrogen-bond acceptors (Lipinski definition) is 4. The Balaban J connectivity index is 1.41. The van der Waals surface area contributed by atoms with Crippen LogP contribution in [0.1, 0.15) is 11.3 Å². The van der Waals surface area contributed by atoms with Gasteiger partial charge in [-0.2, -0.15) is 10.2 Å². The Hall–Kier alpha value is -3.54. The van der Waals surface area contributed by atoms with Gasteiger partial charge in [-0.15, -0.1) is 0 Å². The molecule has 0 unspecified atom stereocenters. The Kier molecular flexibility index (Phi) is 3.67. The SMILES string of the molecule is Cn1cc(Nc2ccc3c(c2)OCc2cc(-c4ccccc4)nn2C3)cn1. The number of fused-ring (bicyclic) bond motifs is 2. The van der Waals surface area contributed by atoms with E-state index in [1.165, 1.54) is 0 Å². The van der Waals surface area contributed by atoms with E-state index in [9.17, 15) is 0 Å². The molecule has 3 heterocycles. The van der Waals surface area contributed by atoms with E-state index in [-0.39, 0.29) is 0 Å². The Morgan fingerprint density at radius 1 is 1.04 bits per heavy atom. The third kappa shape index (κ3) is 3.06. The van der Waals surface area contributed by atoms with Gasteiger partial charge in [0.1, 0.15) is 12.4 Å². The lowest BCUT2D eigenvalue weighted by Crippen LogP contribution is -2.03. The number of aryl methyl sites for hydroxylation is 1. The van der Waals surface area contributed by atoms with Crippen molar-refractivity contribution in [2.24, 2.45) is 7.05 Å². The van der Waals surface area contributed by atoms with Crippen molar-refractivity contribution >= 4 is 11.4 Å². The van der Waals surface area contributed by atoms with E-state index in [2.05, 4.69) is 40.7 Å². The van der Waals surface area contributed by atoms with Crippen LogP contribution < -0.4 is 10.1 Å². The predicted molar refractivity (Wildman–Crippen MR) is 104 cm³/mol. The van der Waals surface area contributed by atoms with Gasteiger partial charge in [0.2, 0.25) is 0 Å². The van der Waals surface area contributed by atoms with Crippen molar-refractivity contribution in [3.05, 3.63) is 78.2 Å². The zero-order valence-corrected chi connectivity index (χ0v) is 15.0. The maximum absolute atomic E-state index is 6.09. The number of nitrogens with zero attached hydrogens (tertiary/aromatic N) is 4. The maximum Gasteiger partial charge on any atom is 0.130 e. The fraction of sp³-hybridized carbons (Fsp3) is 0.143. The molecule has 0 radical (unpaired) electrons. The van der Waals surface area contributed by atoms with Gasteiger partial charge in [0, 0.05) is 36.1 Å². The maximum atomic E-state index is 6.09. The normalized spacial score (nSPS) is 12.6. The minimum atomic E-state index is 0.503. The highest BCUT2D eigenvalue weighted by Crippen LogP contribution is 2.30. The van der Waals surface area contributed by atoms with Crippen molar-refractivity contribution < 1.29 is 4.74 Å². The zero-order valence-electron chi connectivity index (χ0n) is 15.0. The summed E-state index contributed by atoms with van der Waals surface area (Å²) in [5.41, 5.74) is 6.22. The van der Waals surface area contributed by atoms with Crippen molar-refractivity contribution in [1.82, 2.24) is 19.6 Å². The van der Waals surface area contributed by atoms with Gasteiger partial charge < -0.3 is 10.1 Å². The number of benzene rings is 2. The van der Waals surface area contributed by atoms with Crippen LogP contribution in [0.3, 0.4) is 0 Å². The highest BCUT2D eigenvalue weighted by molar-refractivity contribution is 5.62. The Labute approximate surface area is 157 Å². The number of rotatable bonds is 3. The van der Waals surface area contributed by atoms with Crippen LogP contribution in [0, 0.1) is 0 Å². The zero-order chi connectivity index (χ0) is 18.2. The first kappa shape index (κ1) is 15.7. The molecule has 1 aliphatic rings. The molecular formula is C21H19N5O. The van der Waals surface area contributed by atoms with Gasteiger partial charge in [-0.05, 0) is 12.1 Å². The van der Waals surface area contributed by atoms with Gasteiger partial charge in [-0.25, -0.2) is 0 Å². The van der Waals surface area contributed by atoms with Crippen molar-refractivity contribution in [3.8, 4) is 17.0 Å². The third-order valence-electron chi connectivity index (χ3n) is 4.69. The molecule has 134 valence electrons. The van der Waals surface area contributed by atoms with Gasteiger partial charge in [0.25, 0.3) is 0 Å². The third-order valence-corrected chi connectivity index (χ3v) is 4.69. The van der Waals surface area contributed by atoms with Gasteiger partial charge in [0.15, 0.2) is 0 Å². The lowest BCUT2D eigenvalue weighted by Gasteiger charge is -2.10. The molecule has 2 aromatic heterocycles. The molecule has 0 atom stereocenters. The minimum absolute atomic E-state index is 0.503. The lowest BCUT2D eigenvalue weighted by molar-refractivity contribution is 0.302. The number of nitrogens with one attached hydrogen (secondary N) is 1. The van der Waals surface area contributed by atoms with Gasteiger partial charge in [-0.3, -0.25) is 9.36 Å². The highest BCUT2D eigenvalue weighted by atomic mass is 16.5. The Morgan fingerprint density at radius 3 is 2.74 bits per heavy atom. The molecule has 0 fully saturated rings. The van der Waals surface area contributed by atoms with Crippen LogP contribution in [-0.2, 0) is 20.2 Å². The molecule has 0 bridgehead atoms. The second kappa shape index (κ2) is 6.32. The molecule has 6 heteroatoms. The second-order valence-electron chi connectivity index (χ2n) is 6.68. The van der Waals surface area contributed by atoms with Gasteiger partial charge in [-0.1, -0.05) is 36.4 Å². The van der Waals surface area contributed by atoms with Crippen LogP contribution in [-0.4, -0.2) is 19.6 Å². The summed E-state index contributed by atoms with van der Waals surface area (Å²) in [7, 11) is 1.90. The summed E-state index contributed by atoms with van der Waals surface area (Å²) in [6.45, 7) is 1.20. The molecule has 0 aliphatic carbocycles. The summed E-state index contributed by atoms with van der Waals surface area (Å²) in [5.74, 6) is 0.885. The lowest BCUT2D eigenvalue weighted by atomic mass is 10.1. The topological polar surface area (TPSA) is 56.9 Å². The Bertz CT molecular complexity index is 1100. The molecule has 4 aromatic rings. The van der Waals surface area contributed by atoms with Crippen molar-refractivity contribution in [2.45, 2.75) is 13.2 Å². The van der Waals surface area contributed by atoms with Crippen LogP contribution in [0.2, 0.25) is 0 Å². The van der Waals surface area contributed by atoms with Crippen LogP contribution in [0.25, 0.3) is 11.3 Å². The molecule has 27 heavy (non-hydrogen) atoms.